The first-order valence-electron chi connectivity index (χ1n) is 5.32. The van der Waals surface area contributed by atoms with Crippen molar-refractivity contribution in [2.75, 3.05) is 6.61 Å². The van der Waals surface area contributed by atoms with Crippen LogP contribution in [-0.4, -0.2) is 23.5 Å². The maximum Gasteiger partial charge on any atom is 0.345 e. The summed E-state index contributed by atoms with van der Waals surface area (Å²) in [6, 6.07) is 0. The Morgan fingerprint density at radius 1 is 1.47 bits per heavy atom. The van der Waals surface area contributed by atoms with Gasteiger partial charge in [0.1, 0.15) is 0 Å². The van der Waals surface area contributed by atoms with E-state index >= 15 is 0 Å². The van der Waals surface area contributed by atoms with E-state index in [2.05, 4.69) is 6.92 Å². The minimum Gasteiger partial charge on any atom is -0.479 e. The van der Waals surface area contributed by atoms with Crippen LogP contribution in [0.4, 0.5) is 0 Å². The van der Waals surface area contributed by atoms with Crippen molar-refractivity contribution in [3.8, 4) is 0 Å². The third-order valence-corrected chi connectivity index (χ3v) is 2.90. The summed E-state index contributed by atoms with van der Waals surface area (Å²) in [6.07, 6.45) is 4.24. The van der Waals surface area contributed by atoms with E-state index in [0.717, 1.165) is 25.7 Å². The second kappa shape index (κ2) is 8.81. The summed E-state index contributed by atoms with van der Waals surface area (Å²) in [5.74, 6) is -2.01. The molecule has 0 amide bonds. The zero-order valence-electron chi connectivity index (χ0n) is 9.31. The quantitative estimate of drug-likeness (QED) is 0.623. The van der Waals surface area contributed by atoms with Crippen LogP contribution in [0.3, 0.4) is 0 Å². The van der Waals surface area contributed by atoms with Crippen LogP contribution in [0.25, 0.3) is 0 Å². The highest BCUT2D eigenvalue weighted by molar-refractivity contribution is 7.26. The Balaban J connectivity index is 3.86. The van der Waals surface area contributed by atoms with Crippen LogP contribution in [0.5, 0.6) is 0 Å². The van der Waals surface area contributed by atoms with Crippen LogP contribution in [0, 0.1) is 5.92 Å². The molecule has 4 nitrogen and oxygen atoms in total. The first kappa shape index (κ1) is 14.5. The highest BCUT2D eigenvalue weighted by Gasteiger charge is 2.19. The Morgan fingerprint density at radius 3 is 2.53 bits per heavy atom. The summed E-state index contributed by atoms with van der Waals surface area (Å²) in [5.41, 5.74) is 0. The molecule has 0 aromatic heterocycles. The van der Waals surface area contributed by atoms with Crippen LogP contribution in [0.1, 0.15) is 39.5 Å². The molecule has 0 saturated heterocycles. The number of hydrogen-bond acceptors (Lipinski definition) is 3. The van der Waals surface area contributed by atoms with Crippen molar-refractivity contribution in [2.45, 2.75) is 45.4 Å². The normalized spacial score (nSPS) is 15.1. The van der Waals surface area contributed by atoms with E-state index in [9.17, 15) is 9.36 Å². The molecule has 0 aliphatic heterocycles. The summed E-state index contributed by atoms with van der Waals surface area (Å²) in [5, 5.41) is 8.60. The molecule has 0 aliphatic rings. The maximum absolute atomic E-state index is 10.5. The van der Waals surface area contributed by atoms with Crippen molar-refractivity contribution in [1.82, 2.24) is 0 Å². The van der Waals surface area contributed by atoms with E-state index in [1.54, 1.807) is 0 Å². The van der Waals surface area contributed by atoms with E-state index in [1.807, 2.05) is 6.92 Å². The van der Waals surface area contributed by atoms with Crippen LogP contribution in [-0.2, 0) is 14.1 Å². The molecule has 0 saturated carbocycles. The minimum absolute atomic E-state index is 0.369. The number of unbranched alkanes of at least 4 members (excludes halogenated alkanes) is 1. The van der Waals surface area contributed by atoms with Gasteiger partial charge in [-0.2, -0.15) is 0 Å². The van der Waals surface area contributed by atoms with Gasteiger partial charge in [-0.3, -0.25) is 4.57 Å². The fourth-order valence-corrected chi connectivity index (χ4v) is 1.51. The monoisotopic (exact) mass is 234 g/mol. The first-order chi connectivity index (χ1) is 7.15. The van der Waals surface area contributed by atoms with Crippen molar-refractivity contribution in [3.05, 3.63) is 0 Å². The molecule has 2 atom stereocenters. The zero-order chi connectivity index (χ0) is 11.7. The third-order valence-electron chi connectivity index (χ3n) is 2.34. The van der Waals surface area contributed by atoms with Gasteiger partial charge in [0.05, 0.1) is 6.61 Å². The van der Waals surface area contributed by atoms with E-state index in [-0.39, 0.29) is 0 Å². The molecule has 0 heterocycles. The predicted molar refractivity (Wildman–Crippen MR) is 58.3 cm³/mol. The standard InChI is InChI=1S/C10H19O4P/c1-3-5-6-8(4-2)7-14-10(15-13)9(11)12/h8,10H,3-7H2,1-2H3,(H,11,12). The molecule has 0 fully saturated rings. The van der Waals surface area contributed by atoms with Gasteiger partial charge in [0.2, 0.25) is 5.85 Å². The van der Waals surface area contributed by atoms with Crippen molar-refractivity contribution >= 4 is 14.4 Å². The molecule has 1 N–H and O–H groups in total. The fourth-order valence-electron chi connectivity index (χ4n) is 1.27. The van der Waals surface area contributed by atoms with Crippen LogP contribution >= 0.6 is 8.46 Å². The lowest BCUT2D eigenvalue weighted by molar-refractivity contribution is -0.145. The lowest BCUT2D eigenvalue weighted by atomic mass is 10.0. The van der Waals surface area contributed by atoms with Crippen molar-refractivity contribution in [1.29, 1.82) is 0 Å². The van der Waals surface area contributed by atoms with E-state index < -0.39 is 20.3 Å². The summed E-state index contributed by atoms with van der Waals surface area (Å²) >= 11 is 0. The molecular weight excluding hydrogens is 215 g/mol. The number of carboxylic acid groups (broad SMARTS) is 1. The second-order valence-electron chi connectivity index (χ2n) is 3.55. The molecule has 0 radical (unpaired) electrons. The third kappa shape index (κ3) is 6.58. The van der Waals surface area contributed by atoms with Gasteiger partial charge in [0.15, 0.2) is 8.46 Å². The Morgan fingerprint density at radius 2 is 2.13 bits per heavy atom. The lowest BCUT2D eigenvalue weighted by Crippen LogP contribution is -2.21. The summed E-state index contributed by atoms with van der Waals surface area (Å²) in [6.45, 7) is 4.54. The maximum atomic E-state index is 10.5. The number of aliphatic carboxylic acids is 1. The molecule has 88 valence electrons. The smallest absolute Gasteiger partial charge is 0.345 e. The van der Waals surface area contributed by atoms with Gasteiger partial charge in [0.25, 0.3) is 0 Å². The Kier molecular flexibility index (Phi) is 8.53. The van der Waals surface area contributed by atoms with Gasteiger partial charge in [-0.25, -0.2) is 4.79 Å². The highest BCUT2D eigenvalue weighted by atomic mass is 31.1. The molecule has 2 unspecified atom stereocenters. The molecule has 0 rings (SSSR count). The van der Waals surface area contributed by atoms with Gasteiger partial charge in [0, 0.05) is 0 Å². The summed E-state index contributed by atoms with van der Waals surface area (Å²) in [7, 11) is -0.478. The van der Waals surface area contributed by atoms with E-state index in [1.165, 1.54) is 0 Å². The number of ether oxygens (including phenoxy) is 1. The average Bonchev–Trinajstić information content (AvgIpc) is 2.23. The Bertz CT molecular complexity index is 196. The number of hydrogen-bond donors (Lipinski definition) is 1. The van der Waals surface area contributed by atoms with Crippen molar-refractivity contribution < 1.29 is 19.2 Å². The second-order valence-corrected chi connectivity index (χ2v) is 4.23. The highest BCUT2D eigenvalue weighted by Crippen LogP contribution is 2.16. The number of carbonyl (C=O) groups is 1. The molecule has 0 spiro atoms. The van der Waals surface area contributed by atoms with E-state index in [0.29, 0.717) is 12.5 Å². The molecule has 0 aromatic rings. The van der Waals surface area contributed by atoms with E-state index in [4.69, 9.17) is 9.84 Å². The molecule has 15 heavy (non-hydrogen) atoms. The SMILES string of the molecule is CCCCC(CC)COC(P=O)C(=O)O. The lowest BCUT2D eigenvalue weighted by Gasteiger charge is -2.15. The van der Waals surface area contributed by atoms with Gasteiger partial charge in [-0.05, 0) is 12.3 Å². The summed E-state index contributed by atoms with van der Waals surface area (Å²) in [4.78, 5) is 10.5. The largest absolute Gasteiger partial charge is 0.479 e. The topological polar surface area (TPSA) is 63.6 Å². The Hall–Kier alpha value is -0.470. The van der Waals surface area contributed by atoms with Crippen molar-refractivity contribution in [2.24, 2.45) is 5.92 Å². The molecule has 5 heteroatoms. The van der Waals surface area contributed by atoms with Gasteiger partial charge in [-0.15, -0.1) is 0 Å². The first-order valence-corrected chi connectivity index (χ1v) is 6.20. The van der Waals surface area contributed by atoms with Crippen LogP contribution in [0.2, 0.25) is 0 Å². The zero-order valence-corrected chi connectivity index (χ0v) is 10.2. The fraction of sp³-hybridized carbons (Fsp3) is 0.900. The molecule has 0 aliphatic carbocycles. The van der Waals surface area contributed by atoms with Gasteiger partial charge < -0.3 is 9.84 Å². The molecule has 0 bridgehead atoms. The Labute approximate surface area is 92.2 Å². The molecule has 0 aromatic carbocycles. The van der Waals surface area contributed by atoms with Gasteiger partial charge >= 0.3 is 5.97 Å². The molecular formula is C10H19O4P. The minimum atomic E-state index is -1.21. The van der Waals surface area contributed by atoms with Crippen molar-refractivity contribution in [3.63, 3.8) is 0 Å². The average molecular weight is 234 g/mol. The number of carboxylic acids is 1. The predicted octanol–water partition coefficient (Wildman–Crippen LogP) is 2.92. The van der Waals surface area contributed by atoms with Crippen LogP contribution in [0.15, 0.2) is 0 Å². The number of rotatable bonds is 9. The van der Waals surface area contributed by atoms with Gasteiger partial charge in [-0.1, -0.05) is 33.1 Å². The summed E-state index contributed by atoms with van der Waals surface area (Å²) < 4.78 is 15.5. The van der Waals surface area contributed by atoms with Crippen LogP contribution < -0.4 is 0 Å².